The van der Waals surface area contributed by atoms with Gasteiger partial charge >= 0.3 is 0 Å². The van der Waals surface area contributed by atoms with Gasteiger partial charge in [-0.3, -0.25) is 4.79 Å². The van der Waals surface area contributed by atoms with Crippen LogP contribution in [0.15, 0.2) is 24.3 Å². The topological polar surface area (TPSA) is 69.6 Å². The van der Waals surface area contributed by atoms with Crippen LogP contribution in [0, 0.1) is 11.7 Å². The minimum atomic E-state index is -1.05. The Morgan fingerprint density at radius 1 is 1.40 bits per heavy atom. The summed E-state index contributed by atoms with van der Waals surface area (Å²) in [5.41, 5.74) is 0.365. The van der Waals surface area contributed by atoms with Crippen LogP contribution in [0.1, 0.15) is 38.4 Å². The van der Waals surface area contributed by atoms with E-state index >= 15 is 0 Å². The van der Waals surface area contributed by atoms with Crippen LogP contribution in [0.5, 0.6) is 0 Å². The van der Waals surface area contributed by atoms with Gasteiger partial charge in [0.05, 0.1) is 25.2 Å². The molecule has 0 saturated heterocycles. The summed E-state index contributed by atoms with van der Waals surface area (Å²) < 4.78 is 13.0. The minimum absolute atomic E-state index is 0.139. The molecule has 0 aliphatic heterocycles. The number of carbonyl (C=O) groups excluding carboxylic acids is 1. The lowest BCUT2D eigenvalue weighted by Gasteiger charge is -2.19. The van der Waals surface area contributed by atoms with Gasteiger partial charge < -0.3 is 15.5 Å². The maximum absolute atomic E-state index is 13.0. The van der Waals surface area contributed by atoms with Crippen LogP contribution in [0.2, 0.25) is 0 Å². The average Bonchev–Trinajstić information content (AvgIpc) is 2.37. The minimum Gasteiger partial charge on any atom is -0.394 e. The highest BCUT2D eigenvalue weighted by atomic mass is 19.1. The van der Waals surface area contributed by atoms with Gasteiger partial charge in [0.2, 0.25) is 5.91 Å². The van der Waals surface area contributed by atoms with Gasteiger partial charge in [-0.05, 0) is 30.0 Å². The first-order valence-corrected chi connectivity index (χ1v) is 6.76. The van der Waals surface area contributed by atoms with Gasteiger partial charge in [-0.15, -0.1) is 0 Å². The number of hydrogen-bond donors (Lipinski definition) is 3. The molecule has 0 radical (unpaired) electrons. The van der Waals surface area contributed by atoms with Crippen molar-refractivity contribution in [3.63, 3.8) is 0 Å². The number of aliphatic hydroxyl groups excluding tert-OH is 2. The van der Waals surface area contributed by atoms with Gasteiger partial charge in [0, 0.05) is 0 Å². The number of aliphatic hydroxyl groups is 2. The zero-order valence-corrected chi connectivity index (χ0v) is 11.8. The van der Waals surface area contributed by atoms with Crippen molar-refractivity contribution < 1.29 is 19.4 Å². The fourth-order valence-corrected chi connectivity index (χ4v) is 2.04. The lowest BCUT2D eigenvalue weighted by atomic mass is 10.0. The smallest absolute Gasteiger partial charge is 0.223 e. The summed E-state index contributed by atoms with van der Waals surface area (Å²) in [5.74, 6) is -0.461. The highest BCUT2D eigenvalue weighted by Gasteiger charge is 2.17. The van der Waals surface area contributed by atoms with Crippen molar-refractivity contribution in [1.82, 2.24) is 5.32 Å². The molecule has 20 heavy (non-hydrogen) atoms. The Morgan fingerprint density at radius 2 is 2.10 bits per heavy atom. The maximum atomic E-state index is 13.0. The standard InChI is InChI=1S/C15H22FNO3/c1-10(2)6-13(9-18)17-15(20)8-14(19)11-4-3-5-12(16)7-11/h3-5,7,10,13-14,18-19H,6,8-9H2,1-2H3,(H,17,20). The van der Waals surface area contributed by atoms with Crippen molar-refractivity contribution >= 4 is 5.91 Å². The Balaban J connectivity index is 2.53. The Morgan fingerprint density at radius 3 is 2.65 bits per heavy atom. The van der Waals surface area contributed by atoms with Gasteiger partial charge in [0.25, 0.3) is 0 Å². The maximum Gasteiger partial charge on any atom is 0.223 e. The third-order valence-electron chi connectivity index (χ3n) is 2.95. The van der Waals surface area contributed by atoms with Gasteiger partial charge in [-0.2, -0.15) is 0 Å². The van der Waals surface area contributed by atoms with E-state index in [9.17, 15) is 19.4 Å². The quantitative estimate of drug-likeness (QED) is 0.714. The molecular formula is C15H22FNO3. The molecule has 4 nitrogen and oxygen atoms in total. The van der Waals surface area contributed by atoms with Crippen LogP contribution in [0.4, 0.5) is 4.39 Å². The molecular weight excluding hydrogens is 261 g/mol. The van der Waals surface area contributed by atoms with Crippen LogP contribution < -0.4 is 5.32 Å². The predicted molar refractivity (Wildman–Crippen MR) is 74.4 cm³/mol. The molecule has 2 unspecified atom stereocenters. The van der Waals surface area contributed by atoms with E-state index in [0.717, 1.165) is 0 Å². The number of halogens is 1. The number of hydrogen-bond acceptors (Lipinski definition) is 3. The highest BCUT2D eigenvalue weighted by Crippen LogP contribution is 2.17. The Hall–Kier alpha value is -1.46. The highest BCUT2D eigenvalue weighted by molar-refractivity contribution is 5.77. The molecule has 2 atom stereocenters. The predicted octanol–water partition coefficient (Wildman–Crippen LogP) is 1.77. The van der Waals surface area contributed by atoms with Crippen LogP contribution >= 0.6 is 0 Å². The lowest BCUT2D eigenvalue weighted by molar-refractivity contribution is -0.124. The Labute approximate surface area is 118 Å². The Bertz CT molecular complexity index is 437. The first-order chi connectivity index (χ1) is 9.42. The van der Waals surface area contributed by atoms with Gasteiger partial charge in [0.15, 0.2) is 0 Å². The van der Waals surface area contributed by atoms with E-state index in [0.29, 0.717) is 17.9 Å². The first kappa shape index (κ1) is 16.6. The van der Waals surface area contributed by atoms with E-state index in [1.807, 2.05) is 13.8 Å². The van der Waals surface area contributed by atoms with E-state index < -0.39 is 11.9 Å². The molecule has 1 aromatic rings. The third-order valence-corrected chi connectivity index (χ3v) is 2.95. The van der Waals surface area contributed by atoms with Crippen LogP contribution in [0.3, 0.4) is 0 Å². The second-order valence-corrected chi connectivity index (χ2v) is 5.35. The second kappa shape index (κ2) is 7.97. The van der Waals surface area contributed by atoms with Gasteiger partial charge in [-0.25, -0.2) is 4.39 Å². The van der Waals surface area contributed by atoms with Crippen LogP contribution in [-0.4, -0.2) is 28.8 Å². The van der Waals surface area contributed by atoms with Crippen LogP contribution in [0.25, 0.3) is 0 Å². The molecule has 0 fully saturated rings. The normalized spacial score (nSPS) is 14.1. The third kappa shape index (κ3) is 5.67. The van der Waals surface area contributed by atoms with E-state index in [1.54, 1.807) is 6.07 Å². The molecule has 0 aromatic heterocycles. The van der Waals surface area contributed by atoms with Crippen molar-refractivity contribution in [2.24, 2.45) is 5.92 Å². The van der Waals surface area contributed by atoms with Crippen molar-refractivity contribution in [3.05, 3.63) is 35.6 Å². The van der Waals surface area contributed by atoms with Gasteiger partial charge in [-0.1, -0.05) is 26.0 Å². The molecule has 1 rings (SSSR count). The van der Waals surface area contributed by atoms with E-state index in [2.05, 4.69) is 5.32 Å². The Kier molecular flexibility index (Phi) is 6.61. The van der Waals surface area contributed by atoms with E-state index in [1.165, 1.54) is 18.2 Å². The largest absolute Gasteiger partial charge is 0.394 e. The van der Waals surface area contributed by atoms with Crippen LogP contribution in [-0.2, 0) is 4.79 Å². The molecule has 1 aromatic carbocycles. The molecule has 0 aliphatic carbocycles. The summed E-state index contributed by atoms with van der Waals surface area (Å²) in [7, 11) is 0. The zero-order chi connectivity index (χ0) is 15.1. The molecule has 0 bridgehead atoms. The SMILES string of the molecule is CC(C)CC(CO)NC(=O)CC(O)c1cccc(F)c1. The number of benzene rings is 1. The second-order valence-electron chi connectivity index (χ2n) is 5.35. The molecule has 3 N–H and O–H groups in total. The molecule has 5 heteroatoms. The molecule has 0 heterocycles. The number of nitrogens with one attached hydrogen (secondary N) is 1. The van der Waals surface area contributed by atoms with Crippen molar-refractivity contribution in [1.29, 1.82) is 0 Å². The number of carbonyl (C=O) groups is 1. The number of rotatable bonds is 7. The van der Waals surface area contributed by atoms with Crippen molar-refractivity contribution in [3.8, 4) is 0 Å². The zero-order valence-electron chi connectivity index (χ0n) is 11.8. The monoisotopic (exact) mass is 283 g/mol. The molecule has 0 saturated carbocycles. The van der Waals surface area contributed by atoms with Gasteiger partial charge in [0.1, 0.15) is 5.82 Å². The summed E-state index contributed by atoms with van der Waals surface area (Å²) >= 11 is 0. The summed E-state index contributed by atoms with van der Waals surface area (Å²) in [6.45, 7) is 3.85. The first-order valence-electron chi connectivity index (χ1n) is 6.76. The summed E-state index contributed by atoms with van der Waals surface area (Å²) in [5, 5.41) is 21.7. The summed E-state index contributed by atoms with van der Waals surface area (Å²) in [6, 6.07) is 5.22. The number of amides is 1. The van der Waals surface area contributed by atoms with E-state index in [4.69, 9.17) is 0 Å². The van der Waals surface area contributed by atoms with Crippen molar-refractivity contribution in [2.45, 2.75) is 38.8 Å². The fourth-order valence-electron chi connectivity index (χ4n) is 2.04. The fraction of sp³-hybridized carbons (Fsp3) is 0.533. The summed E-state index contributed by atoms with van der Waals surface area (Å²) in [4.78, 5) is 11.8. The average molecular weight is 283 g/mol. The molecule has 112 valence electrons. The van der Waals surface area contributed by atoms with Crippen molar-refractivity contribution in [2.75, 3.05) is 6.61 Å². The molecule has 0 spiro atoms. The lowest BCUT2D eigenvalue weighted by Crippen LogP contribution is -2.39. The molecule has 1 amide bonds. The molecule has 0 aliphatic rings. The summed E-state index contributed by atoms with van der Waals surface area (Å²) in [6.07, 6.45) is -0.541. The van der Waals surface area contributed by atoms with E-state index in [-0.39, 0.29) is 25.0 Å².